The summed E-state index contributed by atoms with van der Waals surface area (Å²) in [5, 5.41) is 16.0. The highest BCUT2D eigenvalue weighted by Gasteiger charge is 2.32. The highest BCUT2D eigenvalue weighted by atomic mass is 16.5. The third kappa shape index (κ3) is 3.67. The van der Waals surface area contributed by atoms with E-state index in [0.717, 1.165) is 11.1 Å². The summed E-state index contributed by atoms with van der Waals surface area (Å²) < 4.78 is 15.8. The maximum absolute atomic E-state index is 12.2. The zero-order chi connectivity index (χ0) is 19.6. The fourth-order valence-corrected chi connectivity index (χ4v) is 3.13. The van der Waals surface area contributed by atoms with Gasteiger partial charge in [0.1, 0.15) is 11.5 Å². The van der Waals surface area contributed by atoms with Gasteiger partial charge in [0.2, 0.25) is 5.91 Å². The van der Waals surface area contributed by atoms with Gasteiger partial charge in [0, 0.05) is 25.0 Å². The van der Waals surface area contributed by atoms with Crippen LogP contribution >= 0.6 is 0 Å². The number of phenolic OH excluding ortho intramolecular Hbond substituents is 1. The summed E-state index contributed by atoms with van der Waals surface area (Å²) in [5.74, 6) is 1.52. The minimum Gasteiger partial charge on any atom is -0.504 e. The third-order valence-electron chi connectivity index (χ3n) is 4.50. The van der Waals surface area contributed by atoms with Crippen LogP contribution in [0.5, 0.6) is 23.0 Å². The van der Waals surface area contributed by atoms with E-state index in [9.17, 15) is 9.90 Å². The summed E-state index contributed by atoms with van der Waals surface area (Å²) in [7, 11) is 4.65. The highest BCUT2D eigenvalue weighted by molar-refractivity contribution is 6.03. The molecule has 0 spiro atoms. The summed E-state index contributed by atoms with van der Waals surface area (Å²) in [6.07, 6.45) is 0.502. The van der Waals surface area contributed by atoms with Crippen molar-refractivity contribution in [1.29, 1.82) is 0 Å². The smallest absolute Gasteiger partial charge is 0.240 e. The summed E-state index contributed by atoms with van der Waals surface area (Å²) in [6, 6.07) is 10.3. The number of hydrogen-bond donors (Lipinski definition) is 1. The second kappa shape index (κ2) is 7.57. The summed E-state index contributed by atoms with van der Waals surface area (Å²) >= 11 is 0. The zero-order valence-corrected chi connectivity index (χ0v) is 15.7. The standard InChI is InChI=1S/C20H22N2O5/c1-12(23)22-18(14-7-15(25-2)10-16(8-14)26-3)11-17(21-22)13-5-6-20(27-4)19(24)9-13/h5-10,18,24H,11H2,1-4H3/t18-/m1/s1. The van der Waals surface area contributed by atoms with E-state index in [-0.39, 0.29) is 17.7 Å². The lowest BCUT2D eigenvalue weighted by molar-refractivity contribution is -0.130. The minimum absolute atomic E-state index is 0.0265. The number of methoxy groups -OCH3 is 3. The van der Waals surface area contributed by atoms with Gasteiger partial charge in [-0.05, 0) is 35.9 Å². The number of aromatic hydroxyl groups is 1. The summed E-state index contributed by atoms with van der Waals surface area (Å²) in [4.78, 5) is 12.2. The number of carbonyl (C=O) groups is 1. The molecular formula is C20H22N2O5. The number of benzene rings is 2. The van der Waals surface area contributed by atoms with E-state index in [2.05, 4.69) is 5.10 Å². The molecule has 1 amide bonds. The summed E-state index contributed by atoms with van der Waals surface area (Å²) in [5.41, 5.74) is 2.30. The number of hydrogen-bond acceptors (Lipinski definition) is 6. The van der Waals surface area contributed by atoms with Gasteiger partial charge in [0.15, 0.2) is 11.5 Å². The number of rotatable bonds is 5. The van der Waals surface area contributed by atoms with Gasteiger partial charge in [-0.1, -0.05) is 0 Å². The van der Waals surface area contributed by atoms with Crippen molar-refractivity contribution in [3.63, 3.8) is 0 Å². The predicted molar refractivity (Wildman–Crippen MR) is 101 cm³/mol. The fourth-order valence-electron chi connectivity index (χ4n) is 3.13. The van der Waals surface area contributed by atoms with Crippen molar-refractivity contribution in [2.75, 3.05) is 21.3 Å². The predicted octanol–water partition coefficient (Wildman–Crippen LogP) is 3.12. The van der Waals surface area contributed by atoms with E-state index < -0.39 is 0 Å². The Kier molecular flexibility index (Phi) is 5.21. The average Bonchev–Trinajstić information content (AvgIpc) is 3.13. The molecule has 7 nitrogen and oxygen atoms in total. The first-order chi connectivity index (χ1) is 13.0. The third-order valence-corrected chi connectivity index (χ3v) is 4.50. The van der Waals surface area contributed by atoms with Crippen molar-refractivity contribution >= 4 is 11.6 Å². The second-order valence-electron chi connectivity index (χ2n) is 6.16. The molecule has 3 rings (SSSR count). The van der Waals surface area contributed by atoms with Gasteiger partial charge in [-0.2, -0.15) is 5.10 Å². The number of carbonyl (C=O) groups excluding carboxylic acids is 1. The molecule has 0 saturated heterocycles. The molecule has 2 aromatic rings. The first-order valence-corrected chi connectivity index (χ1v) is 8.44. The molecule has 142 valence electrons. The molecule has 7 heteroatoms. The van der Waals surface area contributed by atoms with Crippen LogP contribution in [0, 0.1) is 0 Å². The van der Waals surface area contributed by atoms with Crippen LogP contribution < -0.4 is 14.2 Å². The normalized spacial score (nSPS) is 16.1. The van der Waals surface area contributed by atoms with Crippen molar-refractivity contribution in [1.82, 2.24) is 5.01 Å². The van der Waals surface area contributed by atoms with Crippen molar-refractivity contribution in [2.45, 2.75) is 19.4 Å². The monoisotopic (exact) mass is 370 g/mol. The van der Waals surface area contributed by atoms with E-state index in [1.165, 1.54) is 19.0 Å². The molecule has 27 heavy (non-hydrogen) atoms. The Labute approximate surface area is 157 Å². The first kappa shape index (κ1) is 18.6. The number of hydrazone groups is 1. The van der Waals surface area contributed by atoms with Crippen molar-refractivity contribution in [2.24, 2.45) is 5.10 Å². The van der Waals surface area contributed by atoms with Gasteiger partial charge in [-0.15, -0.1) is 0 Å². The number of amides is 1. The topological polar surface area (TPSA) is 80.6 Å². The van der Waals surface area contributed by atoms with Crippen LogP contribution in [0.15, 0.2) is 41.5 Å². The fraction of sp³-hybridized carbons (Fsp3) is 0.300. The molecule has 0 fully saturated rings. The Morgan fingerprint density at radius 1 is 1.07 bits per heavy atom. The van der Waals surface area contributed by atoms with Crippen LogP contribution in [0.25, 0.3) is 0 Å². The lowest BCUT2D eigenvalue weighted by atomic mass is 9.97. The quantitative estimate of drug-likeness (QED) is 0.875. The molecular weight excluding hydrogens is 348 g/mol. The second-order valence-corrected chi connectivity index (χ2v) is 6.16. The molecule has 2 aromatic carbocycles. The molecule has 0 saturated carbocycles. The minimum atomic E-state index is -0.286. The molecule has 0 aromatic heterocycles. The van der Waals surface area contributed by atoms with Crippen LogP contribution in [0.1, 0.15) is 30.5 Å². The SMILES string of the molecule is COc1cc(OC)cc([C@H]2CC(c3ccc(OC)c(O)c3)=NN2C(C)=O)c1. The number of nitrogens with zero attached hydrogens (tertiary/aromatic N) is 2. The molecule has 1 atom stereocenters. The Balaban J connectivity index is 1.97. The van der Waals surface area contributed by atoms with Gasteiger partial charge in [0.05, 0.1) is 33.1 Å². The van der Waals surface area contributed by atoms with Gasteiger partial charge < -0.3 is 19.3 Å². The molecule has 1 aliphatic rings. The molecule has 0 unspecified atom stereocenters. The van der Waals surface area contributed by atoms with Gasteiger partial charge in [0.25, 0.3) is 0 Å². The lowest BCUT2D eigenvalue weighted by Gasteiger charge is -2.21. The highest BCUT2D eigenvalue weighted by Crippen LogP contribution is 2.37. The van der Waals surface area contributed by atoms with Gasteiger partial charge in [-0.25, -0.2) is 5.01 Å². The van der Waals surface area contributed by atoms with Crippen LogP contribution in [0.3, 0.4) is 0 Å². The number of phenols is 1. The molecule has 1 N–H and O–H groups in total. The van der Waals surface area contributed by atoms with Gasteiger partial charge in [-0.3, -0.25) is 4.79 Å². The Bertz CT molecular complexity index is 872. The van der Waals surface area contributed by atoms with Crippen LogP contribution in [0.4, 0.5) is 0 Å². The summed E-state index contributed by atoms with van der Waals surface area (Å²) in [6.45, 7) is 1.47. The molecule has 0 aliphatic carbocycles. The van der Waals surface area contributed by atoms with Crippen LogP contribution in [0.2, 0.25) is 0 Å². The van der Waals surface area contributed by atoms with Gasteiger partial charge >= 0.3 is 0 Å². The molecule has 1 aliphatic heterocycles. The Hall–Kier alpha value is -3.22. The zero-order valence-electron chi connectivity index (χ0n) is 15.7. The van der Waals surface area contributed by atoms with E-state index in [1.54, 1.807) is 32.4 Å². The van der Waals surface area contributed by atoms with E-state index >= 15 is 0 Å². The molecule has 1 heterocycles. The molecule has 0 bridgehead atoms. The largest absolute Gasteiger partial charge is 0.504 e. The lowest BCUT2D eigenvalue weighted by Crippen LogP contribution is -2.24. The Morgan fingerprint density at radius 2 is 1.74 bits per heavy atom. The number of ether oxygens (including phenoxy) is 3. The maximum Gasteiger partial charge on any atom is 0.240 e. The van der Waals surface area contributed by atoms with Crippen LogP contribution in [-0.4, -0.2) is 43.1 Å². The van der Waals surface area contributed by atoms with E-state index in [0.29, 0.717) is 29.4 Å². The maximum atomic E-state index is 12.2. The van der Waals surface area contributed by atoms with E-state index in [4.69, 9.17) is 14.2 Å². The average molecular weight is 370 g/mol. The van der Waals surface area contributed by atoms with Crippen LogP contribution in [-0.2, 0) is 4.79 Å². The van der Waals surface area contributed by atoms with Crippen molar-refractivity contribution in [3.8, 4) is 23.0 Å². The molecule has 0 radical (unpaired) electrons. The van der Waals surface area contributed by atoms with E-state index in [1.807, 2.05) is 18.2 Å². The van der Waals surface area contributed by atoms with Crippen molar-refractivity contribution < 1.29 is 24.1 Å². The Morgan fingerprint density at radius 3 is 2.26 bits per heavy atom. The first-order valence-electron chi connectivity index (χ1n) is 8.44. The van der Waals surface area contributed by atoms with Crippen molar-refractivity contribution in [3.05, 3.63) is 47.5 Å².